The Morgan fingerprint density at radius 1 is 1.33 bits per heavy atom. The van der Waals surface area contributed by atoms with Crippen LogP contribution in [0, 0.1) is 0 Å². The first-order valence-corrected chi connectivity index (χ1v) is 8.08. The lowest BCUT2D eigenvalue weighted by Crippen LogP contribution is -2.18. The molecule has 94 valence electrons. The molecule has 1 aliphatic rings. The van der Waals surface area contributed by atoms with Gasteiger partial charge in [0.05, 0.1) is 6.04 Å². The molecule has 1 N–H and O–H groups in total. The molecule has 1 aromatic carbocycles. The second kappa shape index (κ2) is 5.28. The van der Waals surface area contributed by atoms with Crippen LogP contribution in [0.3, 0.4) is 0 Å². The summed E-state index contributed by atoms with van der Waals surface area (Å²) in [7, 11) is 0. The van der Waals surface area contributed by atoms with Crippen molar-refractivity contribution in [2.45, 2.75) is 25.1 Å². The Bertz CT molecular complexity index is 539. The van der Waals surface area contributed by atoms with Crippen LogP contribution >= 0.6 is 23.1 Å². The Hall–Kier alpha value is -1.07. The number of nitrogens with zero attached hydrogens (tertiary/aromatic N) is 2. The molecule has 0 bridgehead atoms. The van der Waals surface area contributed by atoms with Crippen molar-refractivity contribution in [3.63, 3.8) is 0 Å². The van der Waals surface area contributed by atoms with Crippen LogP contribution in [0.15, 0.2) is 24.3 Å². The maximum Gasteiger partial charge on any atom is 0.206 e. The number of rotatable bonds is 3. The molecule has 1 aliphatic heterocycles. The topological polar surface area (TPSA) is 37.8 Å². The minimum absolute atomic E-state index is 0.359. The van der Waals surface area contributed by atoms with Crippen molar-refractivity contribution in [3.8, 4) is 0 Å². The van der Waals surface area contributed by atoms with Crippen molar-refractivity contribution in [1.29, 1.82) is 0 Å². The van der Waals surface area contributed by atoms with E-state index in [1.165, 1.54) is 11.1 Å². The molecule has 0 amide bonds. The Labute approximate surface area is 115 Å². The molecule has 1 unspecified atom stereocenters. The molecule has 5 heteroatoms. The molecular weight excluding hydrogens is 262 g/mol. The fraction of sp³-hybridized carbons (Fsp3) is 0.385. The van der Waals surface area contributed by atoms with E-state index in [0.717, 1.165) is 28.1 Å². The van der Waals surface area contributed by atoms with E-state index in [4.69, 9.17) is 0 Å². The number of nitrogens with one attached hydrogen (secondary N) is 1. The van der Waals surface area contributed by atoms with Crippen LogP contribution in [0.2, 0.25) is 0 Å². The van der Waals surface area contributed by atoms with Gasteiger partial charge in [0.2, 0.25) is 5.13 Å². The predicted molar refractivity (Wildman–Crippen MR) is 78.3 cm³/mol. The van der Waals surface area contributed by atoms with Crippen LogP contribution in [0.25, 0.3) is 0 Å². The molecule has 2 aromatic rings. The number of hydrogen-bond acceptors (Lipinski definition) is 5. The number of hydrogen-bond donors (Lipinski definition) is 1. The van der Waals surface area contributed by atoms with Crippen molar-refractivity contribution in [3.05, 3.63) is 40.4 Å². The highest BCUT2D eigenvalue weighted by Crippen LogP contribution is 2.34. The zero-order chi connectivity index (χ0) is 12.4. The highest BCUT2D eigenvalue weighted by Gasteiger charge is 2.20. The molecule has 0 radical (unpaired) electrons. The first kappa shape index (κ1) is 12.0. The first-order valence-electron chi connectivity index (χ1n) is 6.11. The summed E-state index contributed by atoms with van der Waals surface area (Å²) in [4.78, 5) is 0. The Balaban J connectivity index is 1.81. The van der Waals surface area contributed by atoms with E-state index in [-0.39, 0.29) is 0 Å². The first-order chi connectivity index (χ1) is 8.86. The highest BCUT2D eigenvalue weighted by molar-refractivity contribution is 7.98. The van der Waals surface area contributed by atoms with Gasteiger partial charge in [-0.3, -0.25) is 0 Å². The van der Waals surface area contributed by atoms with Gasteiger partial charge in [-0.05, 0) is 17.5 Å². The van der Waals surface area contributed by atoms with Gasteiger partial charge >= 0.3 is 0 Å². The lowest BCUT2D eigenvalue weighted by atomic mass is 10.0. The molecular formula is C13H15N3S2. The molecule has 1 aromatic heterocycles. The van der Waals surface area contributed by atoms with Crippen LogP contribution in [-0.4, -0.2) is 16.0 Å². The van der Waals surface area contributed by atoms with Gasteiger partial charge in [0.1, 0.15) is 5.01 Å². The molecule has 0 saturated carbocycles. The van der Waals surface area contributed by atoms with E-state index >= 15 is 0 Å². The SMILES string of the molecule is CCc1nnc(NC2CSCc3ccccc32)s1. The predicted octanol–water partition coefficient (Wildman–Crippen LogP) is 3.50. The van der Waals surface area contributed by atoms with Crippen molar-refractivity contribution < 1.29 is 0 Å². The number of anilines is 1. The van der Waals surface area contributed by atoms with Crippen LogP contribution < -0.4 is 5.32 Å². The number of aryl methyl sites for hydroxylation is 1. The van der Waals surface area contributed by atoms with Gasteiger partial charge in [-0.15, -0.1) is 10.2 Å². The van der Waals surface area contributed by atoms with E-state index in [1.54, 1.807) is 11.3 Å². The van der Waals surface area contributed by atoms with E-state index in [0.29, 0.717) is 6.04 Å². The second-order valence-electron chi connectivity index (χ2n) is 4.27. The Morgan fingerprint density at radius 2 is 2.22 bits per heavy atom. The monoisotopic (exact) mass is 277 g/mol. The third kappa shape index (κ3) is 2.37. The smallest absolute Gasteiger partial charge is 0.206 e. The van der Waals surface area contributed by atoms with Crippen molar-refractivity contribution in [2.24, 2.45) is 0 Å². The molecule has 2 heterocycles. The molecule has 0 aliphatic carbocycles. The van der Waals surface area contributed by atoms with Gasteiger partial charge in [-0.1, -0.05) is 42.5 Å². The largest absolute Gasteiger partial charge is 0.352 e. The average molecular weight is 277 g/mol. The molecule has 0 saturated heterocycles. The Kier molecular flexibility index (Phi) is 3.52. The summed E-state index contributed by atoms with van der Waals surface area (Å²) in [5.41, 5.74) is 2.84. The molecule has 18 heavy (non-hydrogen) atoms. The second-order valence-corrected chi connectivity index (χ2v) is 6.36. The summed E-state index contributed by atoms with van der Waals surface area (Å²) in [6.45, 7) is 2.11. The van der Waals surface area contributed by atoms with Crippen molar-refractivity contribution in [1.82, 2.24) is 10.2 Å². The minimum atomic E-state index is 0.359. The number of thioether (sulfide) groups is 1. The molecule has 3 nitrogen and oxygen atoms in total. The number of benzene rings is 1. The number of fused-ring (bicyclic) bond motifs is 1. The van der Waals surface area contributed by atoms with Gasteiger partial charge in [0.15, 0.2) is 0 Å². The van der Waals surface area contributed by atoms with Crippen LogP contribution in [0.4, 0.5) is 5.13 Å². The van der Waals surface area contributed by atoms with Gasteiger partial charge in [-0.25, -0.2) is 0 Å². The van der Waals surface area contributed by atoms with Crippen LogP contribution in [-0.2, 0) is 12.2 Å². The van der Waals surface area contributed by atoms with E-state index < -0.39 is 0 Å². The lowest BCUT2D eigenvalue weighted by Gasteiger charge is -2.25. The summed E-state index contributed by atoms with van der Waals surface area (Å²) in [6, 6.07) is 9.02. The summed E-state index contributed by atoms with van der Waals surface area (Å²) in [5.74, 6) is 2.21. The third-order valence-corrected chi connectivity index (χ3v) is 5.12. The summed E-state index contributed by atoms with van der Waals surface area (Å²) in [5, 5.41) is 13.9. The summed E-state index contributed by atoms with van der Waals surface area (Å²) < 4.78 is 0. The van der Waals surface area contributed by atoms with Gasteiger partial charge < -0.3 is 5.32 Å². The van der Waals surface area contributed by atoms with Crippen molar-refractivity contribution >= 4 is 28.2 Å². The average Bonchev–Trinajstić information content (AvgIpc) is 2.87. The quantitative estimate of drug-likeness (QED) is 0.932. The van der Waals surface area contributed by atoms with Crippen molar-refractivity contribution in [2.75, 3.05) is 11.1 Å². The summed E-state index contributed by atoms with van der Waals surface area (Å²) >= 11 is 3.63. The fourth-order valence-electron chi connectivity index (χ4n) is 2.11. The fourth-order valence-corrected chi connectivity index (χ4v) is 3.94. The normalized spacial score (nSPS) is 18.4. The molecule has 3 rings (SSSR count). The van der Waals surface area contributed by atoms with Crippen LogP contribution in [0.5, 0.6) is 0 Å². The van der Waals surface area contributed by atoms with Crippen LogP contribution in [0.1, 0.15) is 29.1 Å². The zero-order valence-electron chi connectivity index (χ0n) is 10.2. The number of aromatic nitrogens is 2. The molecule has 1 atom stereocenters. The summed E-state index contributed by atoms with van der Waals surface area (Å²) in [6.07, 6.45) is 0.954. The molecule has 0 spiro atoms. The molecule has 0 fully saturated rings. The maximum absolute atomic E-state index is 4.20. The highest BCUT2D eigenvalue weighted by atomic mass is 32.2. The van der Waals surface area contributed by atoms with Gasteiger partial charge in [0.25, 0.3) is 0 Å². The third-order valence-electron chi connectivity index (χ3n) is 3.04. The standard InChI is InChI=1S/C13H15N3S2/c1-2-12-15-16-13(18-12)14-11-8-17-7-9-5-3-4-6-10(9)11/h3-6,11H,2,7-8H2,1H3,(H,14,16). The van der Waals surface area contributed by atoms with Gasteiger partial charge in [0, 0.05) is 11.5 Å². The lowest BCUT2D eigenvalue weighted by molar-refractivity contribution is 0.859. The van der Waals surface area contributed by atoms with E-state index in [1.807, 2.05) is 11.8 Å². The Morgan fingerprint density at radius 3 is 3.06 bits per heavy atom. The zero-order valence-corrected chi connectivity index (χ0v) is 11.9. The van der Waals surface area contributed by atoms with E-state index in [9.17, 15) is 0 Å². The van der Waals surface area contributed by atoms with Gasteiger partial charge in [-0.2, -0.15) is 11.8 Å². The minimum Gasteiger partial charge on any atom is -0.352 e. The maximum atomic E-state index is 4.20. The van der Waals surface area contributed by atoms with E-state index in [2.05, 4.69) is 46.7 Å².